The number of Topliss-reactive ketones (excluding diaryl/α,β-unsaturated/α-hetero) is 1. The van der Waals surface area contributed by atoms with Crippen LogP contribution in [0.2, 0.25) is 0 Å². The first-order valence-corrected chi connectivity index (χ1v) is 7.90. The summed E-state index contributed by atoms with van der Waals surface area (Å²) in [6.45, 7) is 6.01. The molecule has 19 heavy (non-hydrogen) atoms. The van der Waals surface area contributed by atoms with Crippen LogP contribution in [0.1, 0.15) is 34.5 Å². The minimum atomic E-state index is 0.152. The van der Waals surface area contributed by atoms with Gasteiger partial charge in [0, 0.05) is 30.4 Å². The number of hydrogen-bond donors (Lipinski definition) is 0. The highest BCUT2D eigenvalue weighted by molar-refractivity contribution is 8.01. The van der Waals surface area contributed by atoms with Gasteiger partial charge in [0.15, 0.2) is 10.1 Å². The normalized spacial score (nSPS) is 10.9. The van der Waals surface area contributed by atoms with Gasteiger partial charge in [-0.2, -0.15) is 4.37 Å². The number of nitrogens with zero attached hydrogens (tertiary/aromatic N) is 3. The molecule has 0 saturated carbocycles. The van der Waals surface area contributed by atoms with Crippen molar-refractivity contribution in [2.24, 2.45) is 7.05 Å². The Hall–Kier alpha value is -1.14. The lowest BCUT2D eigenvalue weighted by atomic mass is 10.2. The molecule has 0 unspecified atom stereocenters. The Kier molecular flexibility index (Phi) is 4.42. The minimum Gasteiger partial charge on any atom is -0.351 e. The van der Waals surface area contributed by atoms with E-state index in [1.165, 1.54) is 23.3 Å². The molecule has 2 rings (SSSR count). The smallest absolute Gasteiger partial charge is 0.174 e. The van der Waals surface area contributed by atoms with E-state index in [9.17, 15) is 4.79 Å². The third kappa shape index (κ3) is 3.06. The predicted molar refractivity (Wildman–Crippen MR) is 79.2 cm³/mol. The van der Waals surface area contributed by atoms with Gasteiger partial charge in [-0.15, -0.1) is 0 Å². The van der Waals surface area contributed by atoms with Gasteiger partial charge in [-0.3, -0.25) is 4.79 Å². The molecule has 0 N–H and O–H groups in total. The summed E-state index contributed by atoms with van der Waals surface area (Å²) < 4.78 is 7.13. The summed E-state index contributed by atoms with van der Waals surface area (Å²) in [4.78, 5) is 16.6. The summed E-state index contributed by atoms with van der Waals surface area (Å²) in [6, 6.07) is 1.95. The van der Waals surface area contributed by atoms with Crippen molar-refractivity contribution in [1.82, 2.24) is 13.9 Å². The van der Waals surface area contributed by atoms with Gasteiger partial charge < -0.3 is 4.57 Å². The van der Waals surface area contributed by atoms with Crippen molar-refractivity contribution in [3.8, 4) is 0 Å². The number of hydrogen-bond acceptors (Lipinski definition) is 5. The highest BCUT2D eigenvalue weighted by Gasteiger charge is 2.15. The lowest BCUT2D eigenvalue weighted by Gasteiger charge is -2.01. The first-order valence-electron chi connectivity index (χ1n) is 6.14. The summed E-state index contributed by atoms with van der Waals surface area (Å²) in [7, 11) is 1.98. The predicted octanol–water partition coefficient (Wildman–Crippen LogP) is 3.03. The molecule has 2 aromatic rings. The van der Waals surface area contributed by atoms with Crippen molar-refractivity contribution in [2.45, 2.75) is 31.5 Å². The monoisotopic (exact) mass is 295 g/mol. The van der Waals surface area contributed by atoms with Crippen LogP contribution in [0.15, 0.2) is 10.4 Å². The Morgan fingerprint density at radius 2 is 2.21 bits per heavy atom. The standard InChI is InChI=1S/C13H17N3OS2/c1-5-12-14-13(19-15-12)18-7-11(17)10-6-8(2)16(4)9(10)3/h6H,5,7H2,1-4H3. The van der Waals surface area contributed by atoms with Crippen LogP contribution in [-0.4, -0.2) is 25.5 Å². The molecule has 2 aromatic heterocycles. The fourth-order valence-corrected chi connectivity index (χ4v) is 3.36. The molecule has 0 spiro atoms. The third-order valence-electron chi connectivity index (χ3n) is 3.17. The van der Waals surface area contributed by atoms with Crippen LogP contribution >= 0.6 is 23.3 Å². The van der Waals surface area contributed by atoms with Gasteiger partial charge in [-0.25, -0.2) is 4.98 Å². The summed E-state index contributed by atoms with van der Waals surface area (Å²) in [6.07, 6.45) is 0.835. The van der Waals surface area contributed by atoms with E-state index in [0.717, 1.165) is 33.5 Å². The maximum absolute atomic E-state index is 12.2. The van der Waals surface area contributed by atoms with Gasteiger partial charge in [0.2, 0.25) is 0 Å². The van der Waals surface area contributed by atoms with Gasteiger partial charge in [0.05, 0.1) is 5.75 Å². The summed E-state index contributed by atoms with van der Waals surface area (Å²) in [5.74, 6) is 1.42. The molecule has 0 fully saturated rings. The van der Waals surface area contributed by atoms with E-state index in [4.69, 9.17) is 0 Å². The molecule has 0 aliphatic carbocycles. The quantitative estimate of drug-likeness (QED) is 0.628. The highest BCUT2D eigenvalue weighted by Crippen LogP contribution is 2.23. The summed E-state index contributed by atoms with van der Waals surface area (Å²) >= 11 is 2.84. The van der Waals surface area contributed by atoms with Crippen molar-refractivity contribution in [3.05, 3.63) is 28.8 Å². The lowest BCUT2D eigenvalue weighted by Crippen LogP contribution is -2.04. The van der Waals surface area contributed by atoms with Gasteiger partial charge in [-0.1, -0.05) is 18.7 Å². The average Bonchev–Trinajstić information content (AvgIpc) is 2.96. The lowest BCUT2D eigenvalue weighted by molar-refractivity contribution is 0.102. The van der Waals surface area contributed by atoms with Gasteiger partial charge in [0.25, 0.3) is 0 Å². The van der Waals surface area contributed by atoms with E-state index in [1.54, 1.807) is 0 Å². The van der Waals surface area contributed by atoms with E-state index >= 15 is 0 Å². The zero-order valence-electron chi connectivity index (χ0n) is 11.6. The topological polar surface area (TPSA) is 47.8 Å². The second-order valence-electron chi connectivity index (χ2n) is 4.39. The summed E-state index contributed by atoms with van der Waals surface area (Å²) in [5, 5.41) is 0. The van der Waals surface area contributed by atoms with Crippen molar-refractivity contribution in [2.75, 3.05) is 5.75 Å². The SMILES string of the molecule is CCc1nsc(SCC(=O)c2cc(C)n(C)c2C)n1. The molecule has 0 bridgehead atoms. The number of carbonyl (C=O) groups excluding carboxylic acids is 1. The molecule has 0 aromatic carbocycles. The molecule has 0 radical (unpaired) electrons. The van der Waals surface area contributed by atoms with Crippen LogP contribution < -0.4 is 0 Å². The molecular formula is C13H17N3OS2. The van der Waals surface area contributed by atoms with Gasteiger partial charge in [-0.05, 0) is 31.4 Å². The first-order chi connectivity index (χ1) is 9.02. The van der Waals surface area contributed by atoms with Crippen LogP contribution in [0.3, 0.4) is 0 Å². The number of aromatic nitrogens is 3. The van der Waals surface area contributed by atoms with Crippen molar-refractivity contribution >= 4 is 29.1 Å². The maximum Gasteiger partial charge on any atom is 0.174 e. The first kappa shape index (κ1) is 14.3. The largest absolute Gasteiger partial charge is 0.351 e. The molecule has 0 aliphatic heterocycles. The Morgan fingerprint density at radius 1 is 1.47 bits per heavy atom. The minimum absolute atomic E-state index is 0.152. The molecule has 102 valence electrons. The van der Waals surface area contributed by atoms with Crippen LogP contribution in [0.4, 0.5) is 0 Å². The Morgan fingerprint density at radius 3 is 2.74 bits per heavy atom. The van der Waals surface area contributed by atoms with E-state index in [1.807, 2.05) is 38.5 Å². The van der Waals surface area contributed by atoms with Crippen molar-refractivity contribution < 1.29 is 4.79 Å². The maximum atomic E-state index is 12.2. The molecule has 0 amide bonds. The number of thioether (sulfide) groups is 1. The van der Waals surface area contributed by atoms with Gasteiger partial charge >= 0.3 is 0 Å². The number of rotatable bonds is 5. The van der Waals surface area contributed by atoms with E-state index in [0.29, 0.717) is 5.75 Å². The van der Waals surface area contributed by atoms with E-state index in [-0.39, 0.29) is 5.78 Å². The Bertz CT molecular complexity index is 601. The average molecular weight is 295 g/mol. The molecule has 0 saturated heterocycles. The Balaban J connectivity index is 2.03. The number of ketones is 1. The summed E-state index contributed by atoms with van der Waals surface area (Å²) in [5.41, 5.74) is 2.94. The fourth-order valence-electron chi connectivity index (χ4n) is 1.78. The Labute approximate surface area is 121 Å². The van der Waals surface area contributed by atoms with E-state index < -0.39 is 0 Å². The zero-order chi connectivity index (χ0) is 14.0. The van der Waals surface area contributed by atoms with Crippen molar-refractivity contribution in [1.29, 1.82) is 0 Å². The third-order valence-corrected chi connectivity index (χ3v) is 5.04. The highest BCUT2D eigenvalue weighted by atomic mass is 32.2. The molecule has 6 heteroatoms. The second-order valence-corrected chi connectivity index (χ2v) is 6.36. The number of carbonyl (C=O) groups is 1. The van der Waals surface area contributed by atoms with Crippen LogP contribution in [0, 0.1) is 13.8 Å². The van der Waals surface area contributed by atoms with Crippen molar-refractivity contribution in [3.63, 3.8) is 0 Å². The second kappa shape index (κ2) is 5.88. The van der Waals surface area contributed by atoms with Crippen LogP contribution in [0.25, 0.3) is 0 Å². The molecule has 4 nitrogen and oxygen atoms in total. The number of aryl methyl sites for hydroxylation is 2. The van der Waals surface area contributed by atoms with Crippen LogP contribution in [0.5, 0.6) is 0 Å². The van der Waals surface area contributed by atoms with E-state index in [2.05, 4.69) is 9.36 Å². The zero-order valence-corrected chi connectivity index (χ0v) is 13.2. The molecule has 0 aliphatic rings. The van der Waals surface area contributed by atoms with Crippen LogP contribution in [-0.2, 0) is 13.5 Å². The fraction of sp³-hybridized carbons (Fsp3) is 0.462. The van der Waals surface area contributed by atoms with Gasteiger partial charge in [0.1, 0.15) is 5.82 Å². The molecule has 2 heterocycles. The molecule has 0 atom stereocenters. The molecular weight excluding hydrogens is 278 g/mol.